The molecule has 5 heteroatoms. The van der Waals surface area contributed by atoms with E-state index >= 15 is 0 Å². The Morgan fingerprint density at radius 2 is 2.10 bits per heavy atom. The lowest BCUT2D eigenvalue weighted by molar-refractivity contribution is 0.120. The van der Waals surface area contributed by atoms with E-state index < -0.39 is 0 Å². The first kappa shape index (κ1) is 7.43. The molecule has 0 amide bonds. The summed E-state index contributed by atoms with van der Waals surface area (Å²) in [6.45, 7) is 1.89. The number of hydrazone groups is 1. The van der Waals surface area contributed by atoms with E-state index in [0.717, 1.165) is 10.7 Å². The summed E-state index contributed by atoms with van der Waals surface area (Å²) in [7, 11) is 3.68. The molecule has 1 aliphatic heterocycles. The van der Waals surface area contributed by atoms with Crippen molar-refractivity contribution in [3.63, 3.8) is 0 Å². The average Bonchev–Trinajstić information content (AvgIpc) is 1.82. The number of hydrogen-bond acceptors (Lipinski definition) is 4. The van der Waals surface area contributed by atoms with Crippen LogP contribution in [0.5, 0.6) is 0 Å². The Bertz CT molecular complexity index is 188. The first-order chi connectivity index (χ1) is 4.61. The largest absolute Gasteiger partial charge is 0.281 e. The molecule has 4 nitrogen and oxygen atoms in total. The molecule has 0 bridgehead atoms. The first-order valence-corrected chi connectivity index (χ1v) is 3.35. The lowest BCUT2D eigenvalue weighted by atomic mass is 10.4. The van der Waals surface area contributed by atoms with Crippen molar-refractivity contribution < 1.29 is 0 Å². The fourth-order valence-corrected chi connectivity index (χ4v) is 0.877. The lowest BCUT2D eigenvalue weighted by Crippen LogP contribution is -2.52. The third-order valence-corrected chi connectivity index (χ3v) is 1.78. The van der Waals surface area contributed by atoms with Crippen molar-refractivity contribution in [2.45, 2.75) is 6.92 Å². The van der Waals surface area contributed by atoms with Gasteiger partial charge in [-0.15, -0.1) is 5.53 Å². The minimum atomic E-state index is 0.734. The van der Waals surface area contributed by atoms with Crippen LogP contribution in [0.4, 0.5) is 0 Å². The number of nitrogens with zero attached hydrogens (tertiary/aromatic N) is 3. The average molecular weight is 158 g/mol. The zero-order valence-corrected chi connectivity index (χ0v) is 7.07. The van der Waals surface area contributed by atoms with Gasteiger partial charge in [-0.25, -0.2) is 5.12 Å². The van der Waals surface area contributed by atoms with Gasteiger partial charge in [-0.2, -0.15) is 5.10 Å². The fraction of sp³-hybridized carbons (Fsp3) is 0.600. The third kappa shape index (κ3) is 1.25. The van der Waals surface area contributed by atoms with Crippen LogP contribution in [-0.4, -0.2) is 34.9 Å². The minimum absolute atomic E-state index is 0.734. The quantitative estimate of drug-likeness (QED) is 0.502. The third-order valence-electron chi connectivity index (χ3n) is 1.21. The van der Waals surface area contributed by atoms with Gasteiger partial charge in [0.2, 0.25) is 0 Å². The molecule has 1 N–H and O–H groups in total. The van der Waals surface area contributed by atoms with Crippen LogP contribution in [0.15, 0.2) is 5.10 Å². The molecule has 56 valence electrons. The van der Waals surface area contributed by atoms with Crippen LogP contribution < -0.4 is 5.53 Å². The Kier molecular flexibility index (Phi) is 1.87. The summed E-state index contributed by atoms with van der Waals surface area (Å²) < 4.78 is 0. The molecule has 0 unspecified atom stereocenters. The summed E-state index contributed by atoms with van der Waals surface area (Å²) in [6, 6.07) is 0. The zero-order valence-electron chi connectivity index (χ0n) is 6.25. The van der Waals surface area contributed by atoms with Crippen molar-refractivity contribution in [2.24, 2.45) is 5.10 Å². The number of hydrazine groups is 2. The van der Waals surface area contributed by atoms with Gasteiger partial charge in [-0.3, -0.25) is 5.01 Å². The summed E-state index contributed by atoms with van der Waals surface area (Å²) in [4.78, 5) is 0.734. The maximum Gasteiger partial charge on any atom is 0.140 e. The normalized spacial score (nSPS) is 19.5. The molecule has 0 aliphatic carbocycles. The lowest BCUT2D eigenvalue weighted by Gasteiger charge is -2.30. The van der Waals surface area contributed by atoms with Gasteiger partial charge in [0.15, 0.2) is 0 Å². The van der Waals surface area contributed by atoms with E-state index in [9.17, 15) is 0 Å². The topological polar surface area (TPSA) is 30.9 Å². The van der Waals surface area contributed by atoms with Gasteiger partial charge in [0.1, 0.15) is 4.99 Å². The van der Waals surface area contributed by atoms with E-state index in [1.165, 1.54) is 0 Å². The molecule has 1 heterocycles. The van der Waals surface area contributed by atoms with Crippen LogP contribution in [0.3, 0.4) is 0 Å². The second-order valence-electron chi connectivity index (χ2n) is 2.17. The summed E-state index contributed by atoms with van der Waals surface area (Å²) in [6.07, 6.45) is 0. The van der Waals surface area contributed by atoms with Gasteiger partial charge < -0.3 is 0 Å². The number of nitrogens with one attached hydrogen (secondary N) is 1. The Morgan fingerprint density at radius 3 is 2.60 bits per heavy atom. The van der Waals surface area contributed by atoms with Crippen LogP contribution >= 0.6 is 12.2 Å². The second kappa shape index (κ2) is 2.51. The molecular formula is C5H10N4S. The Hall–Kier alpha value is -0.680. The summed E-state index contributed by atoms with van der Waals surface area (Å²) in [5.74, 6) is 0. The van der Waals surface area contributed by atoms with Crippen molar-refractivity contribution >= 4 is 22.9 Å². The highest BCUT2D eigenvalue weighted by atomic mass is 32.1. The Balaban J connectivity index is 2.81. The monoisotopic (exact) mass is 158 g/mol. The highest BCUT2D eigenvalue weighted by Gasteiger charge is 2.14. The van der Waals surface area contributed by atoms with Crippen molar-refractivity contribution in [2.75, 3.05) is 14.1 Å². The number of rotatable bonds is 0. The smallest absolute Gasteiger partial charge is 0.140 e. The van der Waals surface area contributed by atoms with Crippen molar-refractivity contribution in [1.29, 1.82) is 0 Å². The Labute approximate surface area is 65.4 Å². The molecule has 0 atom stereocenters. The van der Waals surface area contributed by atoms with Crippen LogP contribution in [0.2, 0.25) is 0 Å². The van der Waals surface area contributed by atoms with E-state index in [4.69, 9.17) is 12.2 Å². The van der Waals surface area contributed by atoms with Crippen LogP contribution in [0.25, 0.3) is 0 Å². The van der Waals surface area contributed by atoms with E-state index in [0.29, 0.717) is 0 Å². The number of thiocarbonyl (C=S) groups is 1. The number of hydrogen-bond donors (Lipinski definition) is 1. The minimum Gasteiger partial charge on any atom is -0.281 e. The van der Waals surface area contributed by atoms with Crippen molar-refractivity contribution in [3.05, 3.63) is 0 Å². The van der Waals surface area contributed by atoms with Gasteiger partial charge in [0.25, 0.3) is 0 Å². The molecule has 0 fully saturated rings. The van der Waals surface area contributed by atoms with E-state index in [2.05, 4.69) is 10.6 Å². The molecule has 0 saturated heterocycles. The van der Waals surface area contributed by atoms with Crippen LogP contribution in [0.1, 0.15) is 6.92 Å². The van der Waals surface area contributed by atoms with Crippen LogP contribution in [0, 0.1) is 0 Å². The second-order valence-corrected chi connectivity index (χ2v) is 2.56. The fourth-order valence-electron chi connectivity index (χ4n) is 0.795. The summed E-state index contributed by atoms with van der Waals surface area (Å²) in [5, 5.41) is 7.43. The van der Waals surface area contributed by atoms with Gasteiger partial charge in [0.05, 0.1) is 5.71 Å². The highest BCUT2D eigenvalue weighted by molar-refractivity contribution is 7.82. The summed E-state index contributed by atoms with van der Waals surface area (Å²) >= 11 is 5.01. The van der Waals surface area contributed by atoms with Gasteiger partial charge in [0, 0.05) is 14.1 Å². The molecule has 0 aromatic carbocycles. The molecule has 10 heavy (non-hydrogen) atoms. The molecule has 0 spiro atoms. The zero-order chi connectivity index (χ0) is 7.72. The molecule has 0 aromatic heterocycles. The SMILES string of the molecule is CC1=NN(C)NN(C)C1=S. The van der Waals surface area contributed by atoms with Gasteiger partial charge >= 0.3 is 0 Å². The van der Waals surface area contributed by atoms with E-state index in [1.54, 1.807) is 10.1 Å². The predicted octanol–water partition coefficient (Wildman–Crippen LogP) is -0.0135. The molecule has 0 aromatic rings. The van der Waals surface area contributed by atoms with Crippen molar-refractivity contribution in [1.82, 2.24) is 15.7 Å². The first-order valence-electron chi connectivity index (χ1n) is 2.94. The molecule has 0 saturated carbocycles. The maximum atomic E-state index is 5.01. The van der Waals surface area contributed by atoms with Crippen LogP contribution in [-0.2, 0) is 0 Å². The van der Waals surface area contributed by atoms with Gasteiger partial charge in [-0.05, 0) is 6.92 Å². The maximum absolute atomic E-state index is 5.01. The standard InChI is InChI=1S/C5H10N4S/c1-4-5(10)8(2)7-9(3)6-4/h7H,1-3H3. The van der Waals surface area contributed by atoms with Crippen molar-refractivity contribution in [3.8, 4) is 0 Å². The van der Waals surface area contributed by atoms with E-state index in [-0.39, 0.29) is 0 Å². The molecule has 1 aliphatic rings. The molecule has 0 radical (unpaired) electrons. The molecule has 1 rings (SSSR count). The predicted molar refractivity (Wildman–Crippen MR) is 44.4 cm³/mol. The van der Waals surface area contributed by atoms with Gasteiger partial charge in [-0.1, -0.05) is 12.2 Å². The van der Waals surface area contributed by atoms with E-state index in [1.807, 2.05) is 21.0 Å². The highest BCUT2D eigenvalue weighted by Crippen LogP contribution is 1.96. The Morgan fingerprint density at radius 1 is 1.50 bits per heavy atom. The molecular weight excluding hydrogens is 148 g/mol. The summed E-state index contributed by atoms with van der Waals surface area (Å²) in [5.41, 5.74) is 3.76.